The minimum absolute atomic E-state index is 0.111. The van der Waals surface area contributed by atoms with Gasteiger partial charge in [-0.2, -0.15) is 5.10 Å². The Hall–Kier alpha value is -4.67. The zero-order chi connectivity index (χ0) is 24.5. The molecule has 0 bridgehead atoms. The van der Waals surface area contributed by atoms with Crippen LogP contribution < -0.4 is 10.5 Å². The van der Waals surface area contributed by atoms with Gasteiger partial charge in [0.15, 0.2) is 5.65 Å². The monoisotopic (exact) mass is 473 g/mol. The van der Waals surface area contributed by atoms with Crippen LogP contribution in [0.2, 0.25) is 0 Å². The number of hydrogen-bond acceptors (Lipinski definition) is 7. The second kappa shape index (κ2) is 8.93. The minimum Gasteiger partial charge on any atom is -0.465 e. The highest BCUT2D eigenvalue weighted by Gasteiger charge is 2.35. The number of anilines is 1. The molecule has 0 spiro atoms. The van der Waals surface area contributed by atoms with Crippen molar-refractivity contribution in [1.29, 1.82) is 0 Å². The maximum Gasteiger partial charge on any atom is 0.407 e. The number of nitrogens with zero attached hydrogens (tertiary/aromatic N) is 6. The number of hydrogen-bond donors (Lipinski definition) is 2. The van der Waals surface area contributed by atoms with Crippen molar-refractivity contribution in [3.8, 4) is 22.8 Å². The second-order valence-corrected chi connectivity index (χ2v) is 8.28. The van der Waals surface area contributed by atoms with Gasteiger partial charge in [0.05, 0.1) is 11.4 Å². The van der Waals surface area contributed by atoms with E-state index in [0.717, 1.165) is 16.2 Å². The van der Waals surface area contributed by atoms with Gasteiger partial charge in [0.2, 0.25) is 5.91 Å². The summed E-state index contributed by atoms with van der Waals surface area (Å²) < 4.78 is 7.64. The number of benzene rings is 2. The molecule has 1 saturated heterocycles. The molecule has 0 radical (unpaired) electrons. The molecule has 0 unspecified atom stereocenters. The zero-order valence-corrected chi connectivity index (χ0v) is 18.9. The van der Waals surface area contributed by atoms with E-state index in [9.17, 15) is 9.59 Å². The Kier molecular flexibility index (Phi) is 5.65. The second-order valence-electron chi connectivity index (χ2n) is 8.28. The first-order valence-electron chi connectivity index (χ1n) is 10.9. The highest BCUT2D eigenvalue weighted by molar-refractivity contribution is 5.98. The Balaban J connectivity index is 1.38. The molecule has 2 amide bonds. The molecule has 1 aliphatic heterocycles. The Bertz CT molecular complexity index is 1380. The summed E-state index contributed by atoms with van der Waals surface area (Å²) in [6.45, 7) is 0.603. The van der Waals surface area contributed by atoms with Gasteiger partial charge in [-0.05, 0) is 36.4 Å². The Labute approximate surface area is 200 Å². The molecule has 11 nitrogen and oxygen atoms in total. The SMILES string of the molecule is CN(CC(=O)N1CC(n2nc(-c3ccc(Oc4ccccc4)cc3)c3c(N)ncnc32)C1)C(=O)O. The van der Waals surface area contributed by atoms with E-state index < -0.39 is 6.09 Å². The lowest BCUT2D eigenvalue weighted by molar-refractivity contribution is -0.137. The van der Waals surface area contributed by atoms with Crippen LogP contribution in [0, 0.1) is 0 Å². The fourth-order valence-corrected chi connectivity index (χ4v) is 3.94. The fraction of sp³-hybridized carbons (Fsp3) is 0.208. The predicted molar refractivity (Wildman–Crippen MR) is 128 cm³/mol. The molecule has 4 aromatic rings. The average molecular weight is 473 g/mol. The van der Waals surface area contributed by atoms with Gasteiger partial charge in [0, 0.05) is 25.7 Å². The highest BCUT2D eigenvalue weighted by Crippen LogP contribution is 2.34. The van der Waals surface area contributed by atoms with Crippen molar-refractivity contribution < 1.29 is 19.4 Å². The number of carbonyl (C=O) groups excluding carboxylic acids is 1. The van der Waals surface area contributed by atoms with Crippen LogP contribution in [0.1, 0.15) is 6.04 Å². The summed E-state index contributed by atoms with van der Waals surface area (Å²) in [4.78, 5) is 34.4. The lowest BCUT2D eigenvalue weighted by Gasteiger charge is -2.39. The van der Waals surface area contributed by atoms with Crippen LogP contribution in [0.5, 0.6) is 11.5 Å². The van der Waals surface area contributed by atoms with E-state index in [2.05, 4.69) is 9.97 Å². The maximum atomic E-state index is 12.4. The number of carbonyl (C=O) groups is 2. The number of carboxylic acid groups (broad SMARTS) is 1. The number of likely N-dealkylation sites (N-methyl/N-ethyl adjacent to an activating group) is 1. The molecule has 178 valence electrons. The standard InChI is InChI=1S/C24H23N7O4/c1-29(24(33)34)13-19(32)30-11-16(12-30)31-23-20(22(25)26-14-27-23)21(28-31)15-7-9-18(10-8-15)35-17-5-3-2-4-6-17/h2-10,14,16H,11-13H2,1H3,(H,33,34)(H2,25,26,27). The number of nitrogens with two attached hydrogens (primary N) is 1. The Morgan fingerprint density at radius 1 is 1.09 bits per heavy atom. The lowest BCUT2D eigenvalue weighted by atomic mass is 10.1. The lowest BCUT2D eigenvalue weighted by Crippen LogP contribution is -2.53. The number of fused-ring (bicyclic) bond motifs is 1. The maximum absolute atomic E-state index is 12.4. The molecule has 1 aliphatic rings. The number of amides is 2. The zero-order valence-electron chi connectivity index (χ0n) is 18.9. The summed E-state index contributed by atoms with van der Waals surface area (Å²) in [5, 5.41) is 14.4. The van der Waals surface area contributed by atoms with Gasteiger partial charge in [-0.1, -0.05) is 18.2 Å². The van der Waals surface area contributed by atoms with Crippen LogP contribution in [0.15, 0.2) is 60.9 Å². The number of rotatable bonds is 6. The quantitative estimate of drug-likeness (QED) is 0.436. The molecule has 35 heavy (non-hydrogen) atoms. The molecule has 0 saturated carbocycles. The van der Waals surface area contributed by atoms with Crippen LogP contribution in [0.3, 0.4) is 0 Å². The Morgan fingerprint density at radius 3 is 2.46 bits per heavy atom. The van der Waals surface area contributed by atoms with E-state index in [0.29, 0.717) is 41.4 Å². The van der Waals surface area contributed by atoms with Gasteiger partial charge < -0.3 is 25.4 Å². The number of likely N-dealkylation sites (tertiary alicyclic amines) is 1. The summed E-state index contributed by atoms with van der Waals surface area (Å²) in [6.07, 6.45) is 0.241. The third kappa shape index (κ3) is 4.31. The van der Waals surface area contributed by atoms with Crippen molar-refractivity contribution in [2.24, 2.45) is 0 Å². The number of nitrogen functional groups attached to an aromatic ring is 1. The number of aromatic nitrogens is 4. The molecule has 5 rings (SSSR count). The van der Waals surface area contributed by atoms with E-state index in [1.807, 2.05) is 54.6 Å². The molecule has 1 fully saturated rings. The van der Waals surface area contributed by atoms with Crippen molar-refractivity contribution in [3.63, 3.8) is 0 Å². The van der Waals surface area contributed by atoms with Crippen molar-refractivity contribution in [2.45, 2.75) is 6.04 Å². The van der Waals surface area contributed by atoms with Gasteiger partial charge in [0.1, 0.15) is 35.9 Å². The van der Waals surface area contributed by atoms with Gasteiger partial charge in [-0.25, -0.2) is 19.4 Å². The van der Waals surface area contributed by atoms with E-state index >= 15 is 0 Å². The van der Waals surface area contributed by atoms with Crippen LogP contribution >= 0.6 is 0 Å². The minimum atomic E-state index is -1.15. The largest absolute Gasteiger partial charge is 0.465 e. The van der Waals surface area contributed by atoms with E-state index in [1.165, 1.54) is 13.4 Å². The van der Waals surface area contributed by atoms with Crippen LogP contribution in [0.25, 0.3) is 22.3 Å². The van der Waals surface area contributed by atoms with Crippen molar-refractivity contribution in [2.75, 3.05) is 32.4 Å². The van der Waals surface area contributed by atoms with Crippen molar-refractivity contribution in [1.82, 2.24) is 29.5 Å². The molecule has 3 heterocycles. The highest BCUT2D eigenvalue weighted by atomic mass is 16.5. The van der Waals surface area contributed by atoms with Crippen LogP contribution in [-0.2, 0) is 4.79 Å². The molecular formula is C24H23N7O4. The van der Waals surface area contributed by atoms with Crippen LogP contribution in [-0.4, -0.2) is 73.3 Å². The predicted octanol–water partition coefficient (Wildman–Crippen LogP) is 2.86. The first-order valence-corrected chi connectivity index (χ1v) is 10.9. The molecule has 2 aromatic heterocycles. The first-order chi connectivity index (χ1) is 16.9. The fourth-order valence-electron chi connectivity index (χ4n) is 3.94. The summed E-state index contributed by atoms with van der Waals surface area (Å²) in [5.74, 6) is 1.49. The van der Waals surface area contributed by atoms with Crippen molar-refractivity contribution >= 4 is 28.9 Å². The molecule has 2 aromatic carbocycles. The molecule has 0 aliphatic carbocycles. The average Bonchev–Trinajstić information content (AvgIpc) is 3.20. The molecule has 3 N–H and O–H groups in total. The topological polar surface area (TPSA) is 140 Å². The van der Waals surface area contributed by atoms with Crippen molar-refractivity contribution in [3.05, 3.63) is 60.9 Å². The Morgan fingerprint density at radius 2 is 1.77 bits per heavy atom. The summed E-state index contributed by atoms with van der Waals surface area (Å²) in [5.41, 5.74) is 8.25. The van der Waals surface area contributed by atoms with Gasteiger partial charge in [-0.15, -0.1) is 0 Å². The molecule has 11 heteroatoms. The van der Waals surface area contributed by atoms with Crippen LogP contribution in [0.4, 0.5) is 10.6 Å². The van der Waals surface area contributed by atoms with E-state index in [1.54, 1.807) is 9.58 Å². The number of ether oxygens (including phenoxy) is 1. The van der Waals surface area contributed by atoms with Gasteiger partial charge in [-0.3, -0.25) is 4.79 Å². The summed E-state index contributed by atoms with van der Waals surface area (Å²) >= 11 is 0. The smallest absolute Gasteiger partial charge is 0.407 e. The normalized spacial score (nSPS) is 13.5. The summed E-state index contributed by atoms with van der Waals surface area (Å²) in [6, 6.07) is 16.9. The third-order valence-corrected chi connectivity index (χ3v) is 5.88. The molecule has 0 atom stereocenters. The molecular weight excluding hydrogens is 450 g/mol. The van der Waals surface area contributed by atoms with Gasteiger partial charge in [0.25, 0.3) is 0 Å². The van der Waals surface area contributed by atoms with Gasteiger partial charge >= 0.3 is 6.09 Å². The van der Waals surface area contributed by atoms with E-state index in [4.69, 9.17) is 20.7 Å². The van der Waals surface area contributed by atoms with E-state index in [-0.39, 0.29) is 18.5 Å². The third-order valence-electron chi connectivity index (χ3n) is 5.88. The first kappa shape index (κ1) is 22.1. The summed E-state index contributed by atoms with van der Waals surface area (Å²) in [7, 11) is 1.36. The number of para-hydroxylation sites is 1.